The highest BCUT2D eigenvalue weighted by Gasteiger charge is 2.59. The molecule has 5 saturated carbocycles. The van der Waals surface area contributed by atoms with Crippen molar-refractivity contribution in [2.24, 2.45) is 34.5 Å². The van der Waals surface area contributed by atoms with Crippen LogP contribution in [0.15, 0.2) is 24.3 Å². The normalized spacial score (nSPS) is 43.5. The molecular weight excluding hydrogens is 240 g/mol. The lowest BCUT2D eigenvalue weighted by Gasteiger charge is -2.57. The Bertz CT molecular complexity index is 437. The second-order valence-electron chi connectivity index (χ2n) is 8.81. The van der Waals surface area contributed by atoms with Crippen LogP contribution < -0.4 is 0 Å². The van der Waals surface area contributed by atoms with E-state index in [0.717, 1.165) is 29.1 Å². The van der Waals surface area contributed by atoms with Gasteiger partial charge in [0.2, 0.25) is 0 Å². The van der Waals surface area contributed by atoms with Gasteiger partial charge in [0.25, 0.3) is 0 Å². The van der Waals surface area contributed by atoms with E-state index in [1.54, 1.807) is 0 Å². The monoisotopic (exact) mass is 272 g/mol. The molecule has 2 bridgehead atoms. The molecule has 0 heterocycles. The minimum Gasteiger partial charge on any atom is -0.0996 e. The Kier molecular flexibility index (Phi) is 3.23. The molecule has 0 aromatic rings. The highest BCUT2D eigenvalue weighted by atomic mass is 14.6. The molecule has 0 amide bonds. The highest BCUT2D eigenvalue weighted by molar-refractivity contribution is 5.26. The average Bonchev–Trinajstić information content (AvgIpc) is 3.05. The lowest BCUT2D eigenvalue weighted by molar-refractivity contribution is -0.0273. The van der Waals surface area contributed by atoms with Gasteiger partial charge in [0.05, 0.1) is 0 Å². The Morgan fingerprint density at radius 3 is 1.95 bits per heavy atom. The zero-order valence-electron chi connectivity index (χ0n) is 14.0. The third-order valence-electron chi connectivity index (χ3n) is 7.45. The molecule has 4 unspecified atom stereocenters. The fourth-order valence-electron chi connectivity index (χ4n) is 5.38. The van der Waals surface area contributed by atoms with E-state index in [1.807, 2.05) is 0 Å². The van der Waals surface area contributed by atoms with Gasteiger partial charge >= 0.3 is 0 Å². The van der Waals surface area contributed by atoms with Crippen LogP contribution in [-0.4, -0.2) is 0 Å². The highest BCUT2D eigenvalue weighted by Crippen LogP contribution is 2.69. The molecule has 0 saturated heterocycles. The van der Waals surface area contributed by atoms with Gasteiger partial charge in [-0.1, -0.05) is 52.0 Å². The van der Waals surface area contributed by atoms with Crippen molar-refractivity contribution in [3.63, 3.8) is 0 Å². The molecule has 0 nitrogen and oxygen atoms in total. The third-order valence-corrected chi connectivity index (χ3v) is 7.45. The van der Waals surface area contributed by atoms with Crippen molar-refractivity contribution in [3.05, 3.63) is 24.3 Å². The number of hydrogen-bond donors (Lipinski definition) is 0. The van der Waals surface area contributed by atoms with E-state index >= 15 is 0 Å². The Morgan fingerprint density at radius 1 is 1.05 bits per heavy atom. The van der Waals surface area contributed by atoms with Gasteiger partial charge < -0.3 is 0 Å². The molecular formula is C20H32. The largest absolute Gasteiger partial charge is 0.0996 e. The molecule has 112 valence electrons. The lowest BCUT2D eigenvalue weighted by atomic mass is 9.47. The van der Waals surface area contributed by atoms with Crippen LogP contribution in [0.4, 0.5) is 0 Å². The van der Waals surface area contributed by atoms with Crippen LogP contribution in [0.25, 0.3) is 0 Å². The van der Waals surface area contributed by atoms with Gasteiger partial charge in [-0.2, -0.15) is 0 Å². The van der Waals surface area contributed by atoms with Gasteiger partial charge in [-0.25, -0.2) is 0 Å². The maximum absolute atomic E-state index is 4.13. The quantitative estimate of drug-likeness (QED) is 0.514. The maximum atomic E-state index is 4.13. The first kappa shape index (κ1) is 14.4. The van der Waals surface area contributed by atoms with Gasteiger partial charge in [-0.3, -0.25) is 0 Å². The van der Waals surface area contributed by atoms with Crippen molar-refractivity contribution in [2.75, 3.05) is 0 Å². The summed E-state index contributed by atoms with van der Waals surface area (Å²) in [4.78, 5) is 0. The molecule has 0 spiro atoms. The molecule has 4 atom stereocenters. The smallest absolute Gasteiger partial charge is 0.0141 e. The van der Waals surface area contributed by atoms with Gasteiger partial charge in [0.1, 0.15) is 0 Å². The summed E-state index contributed by atoms with van der Waals surface area (Å²) in [5.41, 5.74) is 4.40. The van der Waals surface area contributed by atoms with Crippen molar-refractivity contribution < 1.29 is 0 Å². The summed E-state index contributed by atoms with van der Waals surface area (Å²) in [6, 6.07) is 0. The summed E-state index contributed by atoms with van der Waals surface area (Å²) in [6.45, 7) is 17.8. The summed E-state index contributed by atoms with van der Waals surface area (Å²) < 4.78 is 0. The Labute approximate surface area is 125 Å². The molecule has 20 heavy (non-hydrogen) atoms. The maximum Gasteiger partial charge on any atom is -0.0141 e. The standard InChI is InChI=1S/2C10H16/c1-7-4-5-8-6-9(7)10(8,2)3;1-7(2)10-5-4-8(3)9(10)6-10/h8-9H,1,4-6H2,2-3H3;7,9H,3-6H2,1-2H3. The van der Waals surface area contributed by atoms with E-state index in [-0.39, 0.29) is 0 Å². The van der Waals surface area contributed by atoms with Crippen molar-refractivity contribution in [1.29, 1.82) is 0 Å². The Balaban J connectivity index is 0.000000121. The van der Waals surface area contributed by atoms with Crippen LogP contribution in [-0.2, 0) is 0 Å². The molecule has 5 aliphatic carbocycles. The van der Waals surface area contributed by atoms with E-state index in [0.29, 0.717) is 5.41 Å². The SMILES string of the molecule is C=C1CCC2(C(C)C)CC12.C=C1CCC2CC1C2(C)C. The van der Waals surface area contributed by atoms with Crippen LogP contribution in [0.3, 0.4) is 0 Å². The molecule has 0 aromatic carbocycles. The summed E-state index contributed by atoms with van der Waals surface area (Å²) in [7, 11) is 0. The topological polar surface area (TPSA) is 0 Å². The summed E-state index contributed by atoms with van der Waals surface area (Å²) in [6.07, 6.45) is 8.33. The molecule has 5 fully saturated rings. The first-order valence-corrected chi connectivity index (χ1v) is 8.64. The molecule has 0 N–H and O–H groups in total. The predicted molar refractivity (Wildman–Crippen MR) is 87.5 cm³/mol. The summed E-state index contributed by atoms with van der Waals surface area (Å²) in [5.74, 6) is 3.69. The van der Waals surface area contributed by atoms with E-state index in [1.165, 1.54) is 49.7 Å². The predicted octanol–water partition coefficient (Wildman–Crippen LogP) is 6.00. The van der Waals surface area contributed by atoms with Crippen LogP contribution in [0.5, 0.6) is 0 Å². The lowest BCUT2D eigenvalue weighted by Crippen LogP contribution is -2.48. The fraction of sp³-hybridized carbons (Fsp3) is 0.800. The minimum atomic E-state index is 0.606. The molecule has 0 aliphatic heterocycles. The molecule has 0 radical (unpaired) electrons. The van der Waals surface area contributed by atoms with Crippen LogP contribution >= 0.6 is 0 Å². The van der Waals surface area contributed by atoms with Gasteiger partial charge in [-0.15, -0.1) is 0 Å². The van der Waals surface area contributed by atoms with E-state index in [2.05, 4.69) is 40.9 Å². The van der Waals surface area contributed by atoms with Crippen molar-refractivity contribution >= 4 is 0 Å². The second-order valence-corrected chi connectivity index (χ2v) is 8.81. The Morgan fingerprint density at radius 2 is 1.70 bits per heavy atom. The first-order valence-electron chi connectivity index (χ1n) is 8.64. The number of fused-ring (bicyclic) bond motifs is 3. The van der Waals surface area contributed by atoms with Crippen LogP contribution in [0, 0.1) is 34.5 Å². The van der Waals surface area contributed by atoms with Gasteiger partial charge in [0.15, 0.2) is 0 Å². The fourth-order valence-corrected chi connectivity index (χ4v) is 5.38. The Hall–Kier alpha value is -0.520. The summed E-state index contributed by atoms with van der Waals surface area (Å²) in [5, 5.41) is 0. The first-order chi connectivity index (χ1) is 9.29. The zero-order valence-corrected chi connectivity index (χ0v) is 14.0. The number of rotatable bonds is 1. The van der Waals surface area contributed by atoms with Crippen LogP contribution in [0.1, 0.15) is 66.2 Å². The van der Waals surface area contributed by atoms with Crippen molar-refractivity contribution in [3.8, 4) is 0 Å². The molecule has 0 heteroatoms. The van der Waals surface area contributed by atoms with Crippen molar-refractivity contribution in [2.45, 2.75) is 66.2 Å². The molecule has 5 rings (SSSR count). The second kappa shape index (κ2) is 4.49. The van der Waals surface area contributed by atoms with E-state index in [4.69, 9.17) is 0 Å². The van der Waals surface area contributed by atoms with Crippen molar-refractivity contribution in [1.82, 2.24) is 0 Å². The average molecular weight is 272 g/mol. The number of allylic oxidation sites excluding steroid dienone is 2. The van der Waals surface area contributed by atoms with E-state index < -0.39 is 0 Å². The number of hydrogen-bond acceptors (Lipinski definition) is 0. The van der Waals surface area contributed by atoms with Gasteiger partial charge in [-0.05, 0) is 73.0 Å². The summed E-state index contributed by atoms with van der Waals surface area (Å²) >= 11 is 0. The minimum absolute atomic E-state index is 0.606. The molecule has 0 aromatic heterocycles. The molecule has 5 aliphatic rings. The van der Waals surface area contributed by atoms with E-state index in [9.17, 15) is 0 Å². The van der Waals surface area contributed by atoms with Crippen LogP contribution in [0.2, 0.25) is 0 Å². The third kappa shape index (κ3) is 1.94. The zero-order chi connectivity index (χ0) is 14.7. The van der Waals surface area contributed by atoms with Gasteiger partial charge in [0, 0.05) is 0 Å².